The predicted molar refractivity (Wildman–Crippen MR) is 135 cm³/mol. The molecule has 3 heterocycles. The van der Waals surface area contributed by atoms with Crippen LogP contribution in [0.15, 0.2) is 107 Å². The van der Waals surface area contributed by atoms with Gasteiger partial charge in [0.25, 0.3) is 0 Å². The Balaban J connectivity index is 1.43. The molecule has 0 amide bonds. The molecule has 0 N–H and O–H groups in total. The highest BCUT2D eigenvalue weighted by atomic mass is 16.6. The van der Waals surface area contributed by atoms with Gasteiger partial charge in [-0.2, -0.15) is 0 Å². The van der Waals surface area contributed by atoms with Gasteiger partial charge in [-0.15, -0.1) is 5.10 Å². The first-order valence-corrected chi connectivity index (χ1v) is 11.3. The molecule has 0 radical (unpaired) electrons. The van der Waals surface area contributed by atoms with E-state index < -0.39 is 0 Å². The molecule has 0 saturated carbocycles. The second kappa shape index (κ2) is 8.87. The molecule has 0 fully saturated rings. The topological polar surface area (TPSA) is 77.8 Å². The van der Waals surface area contributed by atoms with Crippen molar-refractivity contribution in [2.75, 3.05) is 0 Å². The van der Waals surface area contributed by atoms with Crippen LogP contribution in [0.3, 0.4) is 0 Å². The third kappa shape index (κ3) is 3.93. The molecule has 0 aliphatic rings. The highest BCUT2D eigenvalue weighted by Crippen LogP contribution is 2.41. The molecule has 0 aliphatic heterocycles. The Bertz CT molecular complexity index is 1640. The number of benzene rings is 3. The number of nitrogens with zero attached hydrogens (tertiary/aromatic N) is 5. The Morgan fingerprint density at radius 2 is 1.54 bits per heavy atom. The number of aromatic nitrogens is 4. The molecule has 0 bridgehead atoms. The van der Waals surface area contributed by atoms with E-state index in [4.69, 9.17) is 14.2 Å². The molecule has 7 heteroatoms. The summed E-state index contributed by atoms with van der Waals surface area (Å²) in [5.41, 5.74) is 5.87. The molecule has 0 spiro atoms. The van der Waals surface area contributed by atoms with Crippen LogP contribution in [0.1, 0.15) is 18.3 Å². The van der Waals surface area contributed by atoms with Crippen molar-refractivity contribution in [3.05, 3.63) is 109 Å². The van der Waals surface area contributed by atoms with Gasteiger partial charge in [0, 0.05) is 11.1 Å². The van der Waals surface area contributed by atoms with Gasteiger partial charge >= 0.3 is 0 Å². The van der Waals surface area contributed by atoms with Crippen molar-refractivity contribution in [1.82, 2.24) is 19.6 Å². The van der Waals surface area contributed by atoms with Crippen molar-refractivity contribution in [2.45, 2.75) is 13.5 Å². The van der Waals surface area contributed by atoms with Crippen LogP contribution in [-0.2, 0) is 11.4 Å². The van der Waals surface area contributed by atoms with Gasteiger partial charge in [-0.05, 0) is 18.1 Å². The van der Waals surface area contributed by atoms with E-state index in [9.17, 15) is 0 Å². The molecule has 3 aromatic carbocycles. The lowest BCUT2D eigenvalue weighted by atomic mass is 9.99. The molecule has 3 aromatic heterocycles. The number of hydrogen-bond acceptors (Lipinski definition) is 6. The Hall–Kier alpha value is -4.78. The third-order valence-corrected chi connectivity index (χ3v) is 5.76. The van der Waals surface area contributed by atoms with E-state index in [1.165, 1.54) is 0 Å². The maximum absolute atomic E-state index is 6.27. The van der Waals surface area contributed by atoms with E-state index in [1.807, 2.05) is 85.8 Å². The summed E-state index contributed by atoms with van der Waals surface area (Å²) < 4.78 is 7.93. The third-order valence-electron chi connectivity index (χ3n) is 5.76. The fourth-order valence-corrected chi connectivity index (χ4v) is 4.10. The van der Waals surface area contributed by atoms with Crippen molar-refractivity contribution in [3.63, 3.8) is 0 Å². The normalized spacial score (nSPS) is 11.9. The molecule has 6 aromatic rings. The number of hydrogen-bond donors (Lipinski definition) is 0. The van der Waals surface area contributed by atoms with E-state index in [-0.39, 0.29) is 6.61 Å². The lowest BCUT2D eigenvalue weighted by molar-refractivity contribution is 0.125. The van der Waals surface area contributed by atoms with Gasteiger partial charge in [-0.25, -0.2) is 14.5 Å². The Kier molecular flexibility index (Phi) is 5.27. The van der Waals surface area contributed by atoms with Crippen LogP contribution in [0.25, 0.3) is 39.2 Å². The number of furan rings is 1. The van der Waals surface area contributed by atoms with Crippen molar-refractivity contribution in [3.8, 4) is 22.5 Å². The zero-order valence-corrected chi connectivity index (χ0v) is 19.0. The summed E-state index contributed by atoms with van der Waals surface area (Å²) in [6, 6.07) is 30.0. The fraction of sp³-hybridized carbons (Fsp3) is 0.0714. The first-order chi connectivity index (χ1) is 17.3. The summed E-state index contributed by atoms with van der Waals surface area (Å²) in [5.74, 6) is 1.25. The first-order valence-electron chi connectivity index (χ1n) is 11.3. The van der Waals surface area contributed by atoms with Crippen molar-refractivity contribution in [1.29, 1.82) is 0 Å². The summed E-state index contributed by atoms with van der Waals surface area (Å²) in [5, 5.41) is 9.59. The molecule has 0 saturated heterocycles. The largest absolute Gasteiger partial charge is 0.437 e. The molecule has 6 rings (SSSR count). The highest BCUT2D eigenvalue weighted by Gasteiger charge is 2.22. The average molecular weight is 460 g/mol. The lowest BCUT2D eigenvalue weighted by Crippen LogP contribution is -1.97. The van der Waals surface area contributed by atoms with E-state index in [0.29, 0.717) is 17.2 Å². The fourth-order valence-electron chi connectivity index (χ4n) is 4.10. The van der Waals surface area contributed by atoms with Crippen LogP contribution in [0.2, 0.25) is 0 Å². The van der Waals surface area contributed by atoms with Gasteiger partial charge in [-0.3, -0.25) is 0 Å². The van der Waals surface area contributed by atoms with Crippen LogP contribution in [0.5, 0.6) is 0 Å². The molecule has 7 nitrogen and oxygen atoms in total. The maximum Gasteiger partial charge on any atom is 0.232 e. The first kappa shape index (κ1) is 20.8. The molecular weight excluding hydrogens is 438 g/mol. The quantitative estimate of drug-likeness (QED) is 0.221. The second-order valence-electron chi connectivity index (χ2n) is 8.08. The molecule has 0 unspecified atom stereocenters. The minimum Gasteiger partial charge on any atom is -0.437 e. The smallest absolute Gasteiger partial charge is 0.232 e. The Morgan fingerprint density at radius 1 is 0.886 bits per heavy atom. The standard InChI is InChI=1S/C28H21N5O2/c1-19(20-11-5-2-6-12-20)32-34-17-23-30-27-25-24(21-13-7-3-8-14-21)26(22-15-9-4-10-16-22)35-28(25)29-18-33(27)31-23/h2-16,18H,17H2,1H3. The van der Waals surface area contributed by atoms with Gasteiger partial charge in [-0.1, -0.05) is 96.2 Å². The Labute approximate surface area is 201 Å². The van der Waals surface area contributed by atoms with Gasteiger partial charge in [0.1, 0.15) is 12.1 Å². The van der Waals surface area contributed by atoms with Gasteiger partial charge in [0.05, 0.1) is 11.1 Å². The van der Waals surface area contributed by atoms with E-state index in [2.05, 4.69) is 27.4 Å². The Morgan fingerprint density at radius 3 is 2.26 bits per heavy atom. The molecule has 170 valence electrons. The monoisotopic (exact) mass is 459 g/mol. The summed E-state index contributed by atoms with van der Waals surface area (Å²) in [6.07, 6.45) is 1.61. The average Bonchev–Trinajstić information content (AvgIpc) is 3.51. The lowest BCUT2D eigenvalue weighted by Gasteiger charge is -2.03. The summed E-state index contributed by atoms with van der Waals surface area (Å²) >= 11 is 0. The summed E-state index contributed by atoms with van der Waals surface area (Å²) in [6.45, 7) is 2.04. The maximum atomic E-state index is 6.27. The van der Waals surface area contributed by atoms with E-state index in [0.717, 1.165) is 39.1 Å². The van der Waals surface area contributed by atoms with E-state index >= 15 is 0 Å². The molecule has 35 heavy (non-hydrogen) atoms. The van der Waals surface area contributed by atoms with Crippen LogP contribution >= 0.6 is 0 Å². The van der Waals surface area contributed by atoms with Crippen LogP contribution in [0, 0.1) is 0 Å². The van der Waals surface area contributed by atoms with Crippen molar-refractivity contribution >= 4 is 22.5 Å². The van der Waals surface area contributed by atoms with Crippen molar-refractivity contribution < 1.29 is 9.25 Å². The number of oxime groups is 1. The zero-order chi connectivity index (χ0) is 23.6. The number of rotatable bonds is 6. The SMILES string of the molecule is CC(=NOCc1nc2c3c(-c4ccccc4)c(-c4ccccc4)oc3ncn2n1)c1ccccc1. The van der Waals surface area contributed by atoms with Crippen LogP contribution < -0.4 is 0 Å². The minimum absolute atomic E-state index is 0.136. The van der Waals surface area contributed by atoms with Gasteiger partial charge in [0.15, 0.2) is 18.1 Å². The molecular formula is C28H21N5O2. The van der Waals surface area contributed by atoms with Crippen molar-refractivity contribution in [2.24, 2.45) is 5.16 Å². The minimum atomic E-state index is 0.136. The summed E-state index contributed by atoms with van der Waals surface area (Å²) in [7, 11) is 0. The summed E-state index contributed by atoms with van der Waals surface area (Å²) in [4.78, 5) is 14.9. The predicted octanol–water partition coefficient (Wildman–Crippen LogP) is 6.15. The van der Waals surface area contributed by atoms with Crippen LogP contribution in [0.4, 0.5) is 0 Å². The zero-order valence-electron chi connectivity index (χ0n) is 19.0. The van der Waals surface area contributed by atoms with Gasteiger partial charge < -0.3 is 9.25 Å². The van der Waals surface area contributed by atoms with Crippen LogP contribution in [-0.4, -0.2) is 25.3 Å². The molecule has 0 aliphatic carbocycles. The second-order valence-corrected chi connectivity index (χ2v) is 8.08. The number of fused-ring (bicyclic) bond motifs is 3. The highest BCUT2D eigenvalue weighted by molar-refractivity contribution is 6.07. The van der Waals surface area contributed by atoms with Gasteiger partial charge in [0.2, 0.25) is 5.71 Å². The molecule has 0 atom stereocenters. The van der Waals surface area contributed by atoms with E-state index in [1.54, 1.807) is 10.8 Å².